The number of carbonyl (C=O) groups is 1. The second kappa shape index (κ2) is 7.52. The van der Waals surface area contributed by atoms with Gasteiger partial charge in [-0.2, -0.15) is 13.2 Å². The van der Waals surface area contributed by atoms with Crippen molar-refractivity contribution in [2.45, 2.75) is 6.18 Å². The number of hydrogen-bond donors (Lipinski definition) is 2. The van der Waals surface area contributed by atoms with E-state index in [4.69, 9.17) is 0 Å². The van der Waals surface area contributed by atoms with Crippen LogP contribution in [-0.2, 0) is 18.1 Å². The summed E-state index contributed by atoms with van der Waals surface area (Å²) in [4.78, 5) is 40.2. The van der Waals surface area contributed by atoms with E-state index in [1.54, 1.807) is 0 Å². The van der Waals surface area contributed by atoms with Gasteiger partial charge in [-0.1, -0.05) is 0 Å². The molecule has 0 fully saturated rings. The van der Waals surface area contributed by atoms with Crippen molar-refractivity contribution in [1.29, 1.82) is 0 Å². The molecule has 1 aromatic heterocycles. The number of urea groups is 1. The van der Waals surface area contributed by atoms with Crippen LogP contribution in [-0.4, -0.2) is 22.3 Å². The first-order valence-electron chi connectivity index (χ1n) is 6.97. The Kier molecular flexibility index (Phi) is 5.75. The molecule has 2 aromatic rings. The molecule has 0 saturated carbocycles. The fourth-order valence-corrected chi connectivity index (χ4v) is 2.58. The van der Waals surface area contributed by atoms with Crippen LogP contribution in [0.5, 0.6) is 0 Å². The number of rotatable bonds is 3. The van der Waals surface area contributed by atoms with Crippen LogP contribution in [0, 0.1) is 5.82 Å². The number of nitrogens with one attached hydrogen (secondary N) is 2. The highest BCUT2D eigenvalue weighted by Crippen LogP contribution is 2.29. The monoisotopic (exact) mass is 454 g/mol. The summed E-state index contributed by atoms with van der Waals surface area (Å²) in [6.45, 7) is 0. The molecule has 0 aliphatic rings. The van der Waals surface area contributed by atoms with E-state index in [0.29, 0.717) is 0 Å². The second-order valence-electron chi connectivity index (χ2n) is 5.09. The topological polar surface area (TPSA) is 94.4 Å². The van der Waals surface area contributed by atoms with Gasteiger partial charge in [-0.3, -0.25) is 14.2 Å². The van der Waals surface area contributed by atoms with E-state index in [9.17, 15) is 31.9 Å². The number of anilines is 1. The van der Waals surface area contributed by atoms with Crippen molar-refractivity contribution in [3.63, 3.8) is 0 Å². The number of aromatic nitrogens is 2. The summed E-state index contributed by atoms with van der Waals surface area (Å²) in [6.07, 6.45) is -4.95. The van der Waals surface area contributed by atoms with Crippen molar-refractivity contribution in [2.24, 2.45) is 7.05 Å². The van der Waals surface area contributed by atoms with Crippen LogP contribution in [0.2, 0.25) is 0 Å². The van der Waals surface area contributed by atoms with Crippen molar-refractivity contribution in [3.05, 3.63) is 55.0 Å². The molecular weight excluding hydrogens is 444 g/mol. The van der Waals surface area contributed by atoms with Crippen molar-refractivity contribution in [3.8, 4) is 5.69 Å². The van der Waals surface area contributed by atoms with Crippen molar-refractivity contribution < 1.29 is 27.2 Å². The molecule has 27 heavy (non-hydrogen) atoms. The van der Waals surface area contributed by atoms with Crippen LogP contribution >= 0.6 is 15.9 Å². The van der Waals surface area contributed by atoms with Crippen molar-refractivity contribution in [2.75, 3.05) is 12.4 Å². The summed E-state index contributed by atoms with van der Waals surface area (Å²) in [5.41, 5.74) is -3.08. The molecule has 0 aliphatic heterocycles. The third-order valence-corrected chi connectivity index (χ3v) is 3.99. The first kappa shape index (κ1) is 20.6. The van der Waals surface area contributed by atoms with Crippen LogP contribution in [0.4, 0.5) is 28.0 Å². The molecule has 1 aromatic carbocycles. The third kappa shape index (κ3) is 4.19. The van der Waals surface area contributed by atoms with Gasteiger partial charge < -0.3 is 5.32 Å². The number of carbonyl (C=O) groups excluding carboxylic acids is 1. The van der Waals surface area contributed by atoms with Crippen LogP contribution in [0.3, 0.4) is 0 Å². The summed E-state index contributed by atoms with van der Waals surface area (Å²) < 4.78 is 53.5. The number of benzene rings is 1. The molecule has 0 radical (unpaired) electrons. The minimum absolute atomic E-state index is 0.0480. The highest BCUT2D eigenvalue weighted by Gasteiger charge is 2.35. The molecule has 0 saturated heterocycles. The van der Waals surface area contributed by atoms with E-state index in [-0.39, 0.29) is 25.4 Å². The van der Waals surface area contributed by atoms with Crippen molar-refractivity contribution in [1.82, 2.24) is 14.6 Å². The first-order valence-corrected chi connectivity index (χ1v) is 7.76. The minimum Gasteiger partial charge on any atom is -0.305 e. The lowest BCUT2D eigenvalue weighted by Gasteiger charge is -2.15. The van der Waals surface area contributed by atoms with E-state index in [1.807, 2.05) is 5.48 Å². The summed E-state index contributed by atoms with van der Waals surface area (Å²) in [5, 5.41) is 2.24. The Hall–Kier alpha value is -2.67. The molecule has 8 nitrogen and oxygen atoms in total. The highest BCUT2D eigenvalue weighted by molar-refractivity contribution is 9.10. The number of alkyl halides is 3. The summed E-state index contributed by atoms with van der Waals surface area (Å²) >= 11 is 2.98. The van der Waals surface area contributed by atoms with Crippen LogP contribution in [0.15, 0.2) is 32.3 Å². The molecule has 0 spiro atoms. The molecule has 13 heteroatoms. The van der Waals surface area contributed by atoms with Gasteiger partial charge in [0.2, 0.25) is 0 Å². The first-order chi connectivity index (χ1) is 12.5. The molecule has 2 amide bonds. The number of halogens is 5. The molecule has 0 bridgehead atoms. The lowest BCUT2D eigenvalue weighted by Crippen LogP contribution is -2.41. The maximum Gasteiger partial charge on any atom is 0.431 e. The fraction of sp³-hybridized carbons (Fsp3) is 0.214. The van der Waals surface area contributed by atoms with Crippen LogP contribution in [0.25, 0.3) is 5.69 Å². The summed E-state index contributed by atoms with van der Waals surface area (Å²) in [6, 6.07) is 1.06. The fourth-order valence-electron chi connectivity index (χ4n) is 2.16. The van der Waals surface area contributed by atoms with Crippen LogP contribution in [0.1, 0.15) is 5.69 Å². The zero-order valence-electron chi connectivity index (χ0n) is 13.6. The number of hydrogen-bond acceptors (Lipinski definition) is 4. The molecule has 0 atom stereocenters. The van der Waals surface area contributed by atoms with Gasteiger partial charge in [-0.05, 0) is 28.1 Å². The van der Waals surface area contributed by atoms with Gasteiger partial charge in [-0.15, -0.1) is 0 Å². The Morgan fingerprint density at radius 2 is 1.85 bits per heavy atom. The van der Waals surface area contributed by atoms with E-state index in [1.165, 1.54) is 0 Å². The van der Waals surface area contributed by atoms with Gasteiger partial charge in [0.25, 0.3) is 5.56 Å². The molecule has 1 heterocycles. The van der Waals surface area contributed by atoms with Gasteiger partial charge in [0.1, 0.15) is 11.5 Å². The smallest absolute Gasteiger partial charge is 0.305 e. The Morgan fingerprint density at radius 3 is 2.41 bits per heavy atom. The molecule has 2 rings (SSSR count). The van der Waals surface area contributed by atoms with Gasteiger partial charge in [0, 0.05) is 17.6 Å². The highest BCUT2D eigenvalue weighted by atomic mass is 79.9. The van der Waals surface area contributed by atoms with Gasteiger partial charge in [-0.25, -0.2) is 24.0 Å². The predicted molar refractivity (Wildman–Crippen MR) is 89.1 cm³/mol. The van der Waals surface area contributed by atoms with E-state index < -0.39 is 40.7 Å². The Morgan fingerprint density at radius 1 is 1.22 bits per heavy atom. The minimum atomic E-state index is -4.95. The van der Waals surface area contributed by atoms with Gasteiger partial charge in [0.05, 0.1) is 18.5 Å². The quantitative estimate of drug-likeness (QED) is 0.548. The van der Waals surface area contributed by atoms with Crippen LogP contribution < -0.4 is 22.0 Å². The van der Waals surface area contributed by atoms with E-state index in [0.717, 1.165) is 26.3 Å². The summed E-state index contributed by atoms with van der Waals surface area (Å²) in [5.74, 6) is -1.08. The van der Waals surface area contributed by atoms with Gasteiger partial charge in [0.15, 0.2) is 0 Å². The Bertz CT molecular complexity index is 1020. The standard InChI is InChI=1S/C14H11BrF4N4O4/c1-22-10(14(17,18)19)5-11(24)23(13(22)26)9-4-8(6(15)3-7(9)16)20-12(25)21-27-2/h3-5H,1-2H3,(H2,20,21,25). The van der Waals surface area contributed by atoms with E-state index >= 15 is 0 Å². The Balaban J connectivity index is 2.69. The van der Waals surface area contributed by atoms with E-state index in [2.05, 4.69) is 26.1 Å². The summed E-state index contributed by atoms with van der Waals surface area (Å²) in [7, 11) is 1.96. The largest absolute Gasteiger partial charge is 0.431 e. The number of nitrogens with zero attached hydrogens (tertiary/aromatic N) is 2. The zero-order valence-corrected chi connectivity index (χ0v) is 15.2. The zero-order chi connectivity index (χ0) is 20.5. The molecular formula is C14H11BrF4N4O4. The normalized spacial score (nSPS) is 11.4. The number of amides is 2. The molecule has 2 N–H and O–H groups in total. The molecule has 146 valence electrons. The lowest BCUT2D eigenvalue weighted by molar-refractivity contribution is -0.144. The average Bonchev–Trinajstić information content (AvgIpc) is 2.54. The van der Waals surface area contributed by atoms with Crippen molar-refractivity contribution >= 4 is 27.6 Å². The maximum atomic E-state index is 14.3. The number of hydroxylamine groups is 1. The maximum absolute atomic E-state index is 14.3. The molecule has 0 aliphatic carbocycles. The Labute approximate surface area is 156 Å². The third-order valence-electron chi connectivity index (χ3n) is 3.33. The SMILES string of the molecule is CONC(=O)Nc1cc(-n2c(=O)cc(C(F)(F)F)n(C)c2=O)c(F)cc1Br. The van der Waals surface area contributed by atoms with Gasteiger partial charge >= 0.3 is 17.9 Å². The average molecular weight is 455 g/mol. The molecule has 0 unspecified atom stereocenters. The predicted octanol–water partition coefficient (Wildman–Crippen LogP) is 2.14. The second-order valence-corrected chi connectivity index (χ2v) is 5.94. The lowest BCUT2D eigenvalue weighted by atomic mass is 10.2.